The number of carbonyl (C=O) groups is 3. The highest BCUT2D eigenvalue weighted by molar-refractivity contribution is 6.33. The lowest BCUT2D eigenvalue weighted by molar-refractivity contribution is 0.0406. The number of hydrogen-bond donors (Lipinski definition) is 0. The Kier molecular flexibility index (Phi) is 8.02. The maximum absolute atomic E-state index is 13.5. The molecule has 0 saturated carbocycles. The molecule has 2 aromatic rings. The number of esters is 1. The molecule has 33 heavy (non-hydrogen) atoms. The Labute approximate surface area is 198 Å². The van der Waals surface area contributed by atoms with Gasteiger partial charge in [-0.25, -0.2) is 14.8 Å². The van der Waals surface area contributed by atoms with E-state index >= 15 is 0 Å². The summed E-state index contributed by atoms with van der Waals surface area (Å²) in [7, 11) is 0. The zero-order valence-corrected chi connectivity index (χ0v) is 20.2. The van der Waals surface area contributed by atoms with Crippen molar-refractivity contribution in [1.82, 2.24) is 19.8 Å². The van der Waals surface area contributed by atoms with Crippen LogP contribution in [0.4, 0.5) is 0 Å². The fourth-order valence-corrected chi connectivity index (χ4v) is 4.22. The zero-order valence-electron chi connectivity index (χ0n) is 19.4. The second kappa shape index (κ2) is 10.7. The first-order valence-corrected chi connectivity index (χ1v) is 11.6. The molecule has 176 valence electrons. The van der Waals surface area contributed by atoms with Gasteiger partial charge >= 0.3 is 5.97 Å². The molecular formula is C24H29ClN4O4. The molecule has 1 atom stereocenters. The van der Waals surface area contributed by atoms with Crippen LogP contribution >= 0.6 is 11.6 Å². The molecule has 2 heterocycles. The van der Waals surface area contributed by atoms with Crippen molar-refractivity contribution in [1.29, 1.82) is 0 Å². The Morgan fingerprint density at radius 3 is 2.48 bits per heavy atom. The number of rotatable bonds is 6. The number of benzene rings is 1. The molecule has 9 heteroatoms. The van der Waals surface area contributed by atoms with Gasteiger partial charge in [-0.1, -0.05) is 37.1 Å². The second-order valence-corrected chi connectivity index (χ2v) is 8.40. The lowest BCUT2D eigenvalue weighted by Gasteiger charge is -2.40. The number of aromatic nitrogens is 2. The van der Waals surface area contributed by atoms with Gasteiger partial charge in [-0.05, 0) is 39.3 Å². The highest BCUT2D eigenvalue weighted by atomic mass is 35.5. The molecule has 0 radical (unpaired) electrons. The largest absolute Gasteiger partial charge is 0.462 e. The van der Waals surface area contributed by atoms with Crippen LogP contribution in [0, 0.1) is 6.92 Å². The summed E-state index contributed by atoms with van der Waals surface area (Å²) in [6.07, 6.45) is 1.30. The number of piperazine rings is 1. The van der Waals surface area contributed by atoms with Gasteiger partial charge in [-0.3, -0.25) is 9.59 Å². The molecule has 1 aromatic heterocycles. The molecular weight excluding hydrogens is 444 g/mol. The fraction of sp³-hybridized carbons (Fsp3) is 0.458. The quantitative estimate of drug-likeness (QED) is 0.597. The summed E-state index contributed by atoms with van der Waals surface area (Å²) in [5.74, 6) is -0.701. The van der Waals surface area contributed by atoms with E-state index in [9.17, 15) is 14.4 Å². The molecule has 1 aliphatic rings. The normalized spacial score (nSPS) is 16.0. The Bertz CT molecular complexity index is 1060. The third-order valence-corrected chi connectivity index (χ3v) is 5.87. The van der Waals surface area contributed by atoms with Crippen LogP contribution < -0.4 is 0 Å². The molecule has 0 aliphatic carbocycles. The molecule has 1 unspecified atom stereocenters. The number of carbonyl (C=O) groups excluding carboxylic acids is 3. The Balaban J connectivity index is 1.86. The van der Waals surface area contributed by atoms with Crippen LogP contribution in [-0.4, -0.2) is 69.8 Å². The first-order valence-electron chi connectivity index (χ1n) is 11.2. The van der Waals surface area contributed by atoms with Crippen molar-refractivity contribution in [2.24, 2.45) is 0 Å². The second-order valence-electron chi connectivity index (χ2n) is 7.99. The van der Waals surface area contributed by atoms with Crippen LogP contribution in [0.2, 0.25) is 5.02 Å². The first-order chi connectivity index (χ1) is 15.8. The molecule has 0 bridgehead atoms. The number of amides is 2. The molecule has 0 spiro atoms. The summed E-state index contributed by atoms with van der Waals surface area (Å²) in [6, 6.07) is 6.68. The van der Waals surface area contributed by atoms with Crippen molar-refractivity contribution < 1.29 is 19.1 Å². The van der Waals surface area contributed by atoms with E-state index in [-0.39, 0.29) is 35.7 Å². The van der Waals surface area contributed by atoms with Gasteiger partial charge in [0.2, 0.25) is 0 Å². The third kappa shape index (κ3) is 5.33. The van der Waals surface area contributed by atoms with E-state index in [1.807, 2.05) is 13.8 Å². The standard InChI is InChI=1S/C24H29ClN4O4/c1-5-9-19-20(24(32)33-6-2)21(27-16(4)26-19)23(31)28-12-13-29(15(3)14-28)22(30)17-10-7-8-11-18(17)25/h7-8,10-11,15H,5-6,9,12-14H2,1-4H3. The van der Waals surface area contributed by atoms with Crippen LogP contribution in [0.15, 0.2) is 24.3 Å². The lowest BCUT2D eigenvalue weighted by atomic mass is 10.0. The average Bonchev–Trinajstić information content (AvgIpc) is 2.78. The van der Waals surface area contributed by atoms with E-state index in [4.69, 9.17) is 16.3 Å². The zero-order chi connectivity index (χ0) is 24.1. The monoisotopic (exact) mass is 472 g/mol. The van der Waals surface area contributed by atoms with Gasteiger partial charge in [-0.15, -0.1) is 0 Å². The van der Waals surface area contributed by atoms with Crippen LogP contribution in [0.25, 0.3) is 0 Å². The first kappa shape index (κ1) is 24.6. The minimum absolute atomic E-state index is 0.0579. The maximum atomic E-state index is 13.5. The van der Waals surface area contributed by atoms with Gasteiger partial charge in [0.25, 0.3) is 11.8 Å². The van der Waals surface area contributed by atoms with Crippen LogP contribution in [-0.2, 0) is 11.2 Å². The van der Waals surface area contributed by atoms with Crippen molar-refractivity contribution in [3.05, 3.63) is 57.6 Å². The number of ether oxygens (including phenoxy) is 1. The summed E-state index contributed by atoms with van der Waals surface area (Å²) in [5.41, 5.74) is 1.15. The predicted molar refractivity (Wildman–Crippen MR) is 125 cm³/mol. The molecule has 1 saturated heterocycles. The summed E-state index contributed by atoms with van der Waals surface area (Å²) in [4.78, 5) is 51.3. The van der Waals surface area contributed by atoms with Crippen LogP contribution in [0.3, 0.4) is 0 Å². The van der Waals surface area contributed by atoms with Gasteiger partial charge in [-0.2, -0.15) is 0 Å². The van der Waals surface area contributed by atoms with Gasteiger partial charge in [0.05, 0.1) is 22.9 Å². The van der Waals surface area contributed by atoms with Crippen LogP contribution in [0.1, 0.15) is 69.9 Å². The number of aryl methyl sites for hydroxylation is 2. The highest BCUT2D eigenvalue weighted by Crippen LogP contribution is 2.23. The highest BCUT2D eigenvalue weighted by Gasteiger charge is 2.34. The lowest BCUT2D eigenvalue weighted by Crippen LogP contribution is -2.55. The third-order valence-electron chi connectivity index (χ3n) is 5.54. The predicted octanol–water partition coefficient (Wildman–Crippen LogP) is 3.55. The molecule has 1 fully saturated rings. The van der Waals surface area contributed by atoms with Crippen molar-refractivity contribution in [3.63, 3.8) is 0 Å². The van der Waals surface area contributed by atoms with Gasteiger partial charge in [0.15, 0.2) is 0 Å². The average molecular weight is 473 g/mol. The van der Waals surface area contributed by atoms with Crippen molar-refractivity contribution in [3.8, 4) is 0 Å². The molecule has 0 N–H and O–H groups in total. The fourth-order valence-electron chi connectivity index (χ4n) is 4.00. The molecule has 2 amide bonds. The van der Waals surface area contributed by atoms with E-state index < -0.39 is 5.97 Å². The minimum atomic E-state index is -0.593. The number of nitrogens with zero attached hydrogens (tertiary/aromatic N) is 4. The number of halogens is 1. The SMILES string of the molecule is CCCc1nc(C)nc(C(=O)N2CCN(C(=O)c3ccccc3Cl)C(C)C2)c1C(=O)OCC. The Hall–Kier alpha value is -3.00. The van der Waals surface area contributed by atoms with E-state index in [1.165, 1.54) is 0 Å². The summed E-state index contributed by atoms with van der Waals surface area (Å²) >= 11 is 6.20. The minimum Gasteiger partial charge on any atom is -0.462 e. The smallest absolute Gasteiger partial charge is 0.342 e. The van der Waals surface area contributed by atoms with Gasteiger partial charge < -0.3 is 14.5 Å². The van der Waals surface area contributed by atoms with E-state index in [0.29, 0.717) is 48.2 Å². The van der Waals surface area contributed by atoms with Crippen molar-refractivity contribution >= 4 is 29.4 Å². The van der Waals surface area contributed by atoms with Gasteiger partial charge in [0, 0.05) is 25.7 Å². The van der Waals surface area contributed by atoms with Crippen LogP contribution in [0.5, 0.6) is 0 Å². The molecule has 8 nitrogen and oxygen atoms in total. The molecule has 3 rings (SSSR count). The van der Waals surface area contributed by atoms with E-state index in [1.54, 1.807) is 47.9 Å². The Morgan fingerprint density at radius 2 is 1.85 bits per heavy atom. The number of hydrogen-bond acceptors (Lipinski definition) is 6. The van der Waals surface area contributed by atoms with Crippen molar-refractivity contribution in [2.45, 2.75) is 46.6 Å². The Morgan fingerprint density at radius 1 is 1.12 bits per heavy atom. The summed E-state index contributed by atoms with van der Waals surface area (Å²) in [5, 5.41) is 0.396. The van der Waals surface area contributed by atoms with Crippen molar-refractivity contribution in [2.75, 3.05) is 26.2 Å². The summed E-state index contributed by atoms with van der Waals surface area (Å²) in [6.45, 7) is 8.43. The summed E-state index contributed by atoms with van der Waals surface area (Å²) < 4.78 is 5.21. The van der Waals surface area contributed by atoms with Gasteiger partial charge in [0.1, 0.15) is 17.1 Å². The molecule has 1 aromatic carbocycles. The topological polar surface area (TPSA) is 92.7 Å². The van der Waals surface area contributed by atoms with E-state index in [2.05, 4.69) is 9.97 Å². The molecule has 1 aliphatic heterocycles. The van der Waals surface area contributed by atoms with E-state index in [0.717, 1.165) is 6.42 Å². The maximum Gasteiger partial charge on any atom is 0.342 e.